The molecule has 1 aromatic heterocycles. The van der Waals surface area contributed by atoms with Crippen molar-refractivity contribution >= 4 is 5.91 Å². The lowest BCUT2D eigenvalue weighted by molar-refractivity contribution is -0.130. The molecule has 132 valence electrons. The van der Waals surface area contributed by atoms with Crippen molar-refractivity contribution in [3.63, 3.8) is 0 Å². The van der Waals surface area contributed by atoms with Gasteiger partial charge in [-0.05, 0) is 18.4 Å². The van der Waals surface area contributed by atoms with Crippen LogP contribution in [0.15, 0.2) is 67.0 Å². The van der Waals surface area contributed by atoms with Crippen molar-refractivity contribution in [3.8, 4) is 11.4 Å². The van der Waals surface area contributed by atoms with Crippen molar-refractivity contribution in [1.29, 1.82) is 0 Å². The molecule has 0 aliphatic carbocycles. The maximum Gasteiger partial charge on any atom is 0.222 e. The summed E-state index contributed by atoms with van der Waals surface area (Å²) in [5, 5.41) is 8.38. The van der Waals surface area contributed by atoms with Crippen LogP contribution in [0.4, 0.5) is 0 Å². The van der Waals surface area contributed by atoms with Gasteiger partial charge in [-0.2, -0.15) is 0 Å². The van der Waals surface area contributed by atoms with Gasteiger partial charge in [-0.3, -0.25) is 4.79 Å². The van der Waals surface area contributed by atoms with Crippen LogP contribution in [0, 0.1) is 0 Å². The molecule has 1 atom stereocenters. The molecule has 1 saturated heterocycles. The van der Waals surface area contributed by atoms with Crippen LogP contribution in [-0.2, 0) is 11.2 Å². The smallest absolute Gasteiger partial charge is 0.222 e. The van der Waals surface area contributed by atoms with Gasteiger partial charge in [0.2, 0.25) is 5.91 Å². The number of aromatic nitrogens is 3. The molecule has 0 spiro atoms. The highest BCUT2D eigenvalue weighted by atomic mass is 16.2. The first kappa shape index (κ1) is 16.5. The fraction of sp³-hybridized carbons (Fsp3) is 0.286. The van der Waals surface area contributed by atoms with E-state index in [-0.39, 0.29) is 11.9 Å². The Labute approximate surface area is 153 Å². The van der Waals surface area contributed by atoms with Gasteiger partial charge in [0.05, 0.1) is 6.04 Å². The molecular formula is C21H22N4O. The van der Waals surface area contributed by atoms with Crippen LogP contribution >= 0.6 is 0 Å². The summed E-state index contributed by atoms with van der Waals surface area (Å²) in [6, 6.07) is 20.5. The van der Waals surface area contributed by atoms with Gasteiger partial charge in [0.15, 0.2) is 5.82 Å². The first-order valence-electron chi connectivity index (χ1n) is 9.08. The average Bonchev–Trinajstić information content (AvgIpc) is 3.37. The van der Waals surface area contributed by atoms with Crippen LogP contribution in [0.1, 0.15) is 24.4 Å². The fourth-order valence-corrected chi connectivity index (χ4v) is 3.55. The molecule has 0 bridgehead atoms. The van der Waals surface area contributed by atoms with Gasteiger partial charge in [0, 0.05) is 25.1 Å². The minimum Gasteiger partial charge on any atom is -0.341 e. The zero-order valence-electron chi connectivity index (χ0n) is 14.7. The number of benzene rings is 2. The minimum absolute atomic E-state index is 0.227. The Morgan fingerprint density at radius 3 is 2.54 bits per heavy atom. The monoisotopic (exact) mass is 346 g/mol. The van der Waals surface area contributed by atoms with Crippen LogP contribution in [0.2, 0.25) is 0 Å². The molecule has 1 amide bonds. The number of aryl methyl sites for hydroxylation is 1. The van der Waals surface area contributed by atoms with Crippen LogP contribution in [0.25, 0.3) is 11.4 Å². The van der Waals surface area contributed by atoms with Crippen molar-refractivity contribution in [2.24, 2.45) is 0 Å². The van der Waals surface area contributed by atoms with E-state index in [1.807, 2.05) is 53.4 Å². The summed E-state index contributed by atoms with van der Waals surface area (Å²) < 4.78 is 2.11. The van der Waals surface area contributed by atoms with Gasteiger partial charge in [-0.1, -0.05) is 60.7 Å². The highest BCUT2D eigenvalue weighted by Gasteiger charge is 2.28. The Morgan fingerprint density at radius 2 is 1.77 bits per heavy atom. The molecule has 2 aromatic carbocycles. The second-order valence-corrected chi connectivity index (χ2v) is 6.70. The normalized spacial score (nSPS) is 16.8. The van der Waals surface area contributed by atoms with E-state index < -0.39 is 0 Å². The highest BCUT2D eigenvalue weighted by molar-refractivity contribution is 5.76. The first-order chi connectivity index (χ1) is 12.8. The summed E-state index contributed by atoms with van der Waals surface area (Å²) in [5.41, 5.74) is 2.26. The topological polar surface area (TPSA) is 51.0 Å². The highest BCUT2D eigenvalue weighted by Crippen LogP contribution is 2.27. The number of carbonyl (C=O) groups excluding carboxylic acids is 1. The predicted octanol–water partition coefficient (Wildman–Crippen LogP) is 3.35. The lowest BCUT2D eigenvalue weighted by atomic mass is 10.1. The molecule has 4 rings (SSSR count). The van der Waals surface area contributed by atoms with Gasteiger partial charge < -0.3 is 9.47 Å². The fourth-order valence-electron chi connectivity index (χ4n) is 3.55. The predicted molar refractivity (Wildman–Crippen MR) is 100 cm³/mol. The second kappa shape index (κ2) is 7.52. The van der Waals surface area contributed by atoms with Crippen molar-refractivity contribution in [2.45, 2.75) is 25.3 Å². The molecule has 5 nitrogen and oxygen atoms in total. The number of hydrogen-bond acceptors (Lipinski definition) is 3. The molecule has 0 saturated carbocycles. The Morgan fingerprint density at radius 1 is 1.04 bits per heavy atom. The van der Waals surface area contributed by atoms with Gasteiger partial charge in [-0.15, -0.1) is 10.2 Å². The molecule has 1 unspecified atom stereocenters. The standard InChI is InChI=1S/C21H22N4O/c26-20(12-11-17-7-3-1-4-8-17)24-14-13-19(15-24)25-16-22-23-21(25)18-9-5-2-6-10-18/h1-10,16,19H,11-15H2. The van der Waals surface area contributed by atoms with E-state index in [2.05, 4.69) is 26.9 Å². The van der Waals surface area contributed by atoms with Gasteiger partial charge in [0.1, 0.15) is 6.33 Å². The third-order valence-corrected chi connectivity index (χ3v) is 4.98. The number of nitrogens with zero attached hydrogens (tertiary/aromatic N) is 4. The van der Waals surface area contributed by atoms with E-state index in [9.17, 15) is 4.79 Å². The van der Waals surface area contributed by atoms with Gasteiger partial charge in [-0.25, -0.2) is 0 Å². The van der Waals surface area contributed by atoms with E-state index >= 15 is 0 Å². The summed E-state index contributed by atoms with van der Waals surface area (Å²) in [6.45, 7) is 1.52. The average molecular weight is 346 g/mol. The number of likely N-dealkylation sites (tertiary alicyclic amines) is 1. The summed E-state index contributed by atoms with van der Waals surface area (Å²) in [5.74, 6) is 1.10. The van der Waals surface area contributed by atoms with E-state index in [1.54, 1.807) is 6.33 Å². The number of carbonyl (C=O) groups is 1. The number of rotatable bonds is 5. The van der Waals surface area contributed by atoms with Crippen molar-refractivity contribution in [1.82, 2.24) is 19.7 Å². The lowest BCUT2D eigenvalue weighted by Crippen LogP contribution is -2.29. The third-order valence-electron chi connectivity index (χ3n) is 4.98. The minimum atomic E-state index is 0.227. The Kier molecular flexibility index (Phi) is 4.78. The third kappa shape index (κ3) is 3.52. The molecule has 0 radical (unpaired) electrons. The van der Waals surface area contributed by atoms with E-state index in [0.717, 1.165) is 37.3 Å². The Balaban J connectivity index is 1.40. The van der Waals surface area contributed by atoms with Crippen molar-refractivity contribution in [3.05, 3.63) is 72.6 Å². The molecule has 3 aromatic rings. The SMILES string of the molecule is O=C(CCc1ccccc1)N1CCC(n2cnnc2-c2ccccc2)C1. The maximum atomic E-state index is 12.6. The number of hydrogen-bond donors (Lipinski definition) is 0. The molecule has 1 aliphatic heterocycles. The molecule has 1 fully saturated rings. The van der Waals surface area contributed by atoms with Crippen molar-refractivity contribution in [2.75, 3.05) is 13.1 Å². The summed E-state index contributed by atoms with van der Waals surface area (Å²) in [7, 11) is 0. The van der Waals surface area contributed by atoms with Crippen LogP contribution in [0.5, 0.6) is 0 Å². The second-order valence-electron chi connectivity index (χ2n) is 6.70. The molecular weight excluding hydrogens is 324 g/mol. The van der Waals surface area contributed by atoms with Gasteiger partial charge in [0.25, 0.3) is 0 Å². The number of amides is 1. The molecule has 2 heterocycles. The van der Waals surface area contributed by atoms with E-state index in [0.29, 0.717) is 6.42 Å². The largest absolute Gasteiger partial charge is 0.341 e. The van der Waals surface area contributed by atoms with Crippen LogP contribution in [-0.4, -0.2) is 38.7 Å². The summed E-state index contributed by atoms with van der Waals surface area (Å²) in [6.07, 6.45) is 4.08. The zero-order valence-corrected chi connectivity index (χ0v) is 14.7. The van der Waals surface area contributed by atoms with Crippen molar-refractivity contribution < 1.29 is 4.79 Å². The molecule has 5 heteroatoms. The molecule has 1 aliphatic rings. The quantitative estimate of drug-likeness (QED) is 0.712. The summed E-state index contributed by atoms with van der Waals surface area (Å²) >= 11 is 0. The summed E-state index contributed by atoms with van der Waals surface area (Å²) in [4.78, 5) is 14.5. The van der Waals surface area contributed by atoms with Gasteiger partial charge >= 0.3 is 0 Å². The Bertz CT molecular complexity index is 860. The van der Waals surface area contributed by atoms with E-state index in [4.69, 9.17) is 0 Å². The van der Waals surface area contributed by atoms with E-state index in [1.165, 1.54) is 5.56 Å². The van der Waals surface area contributed by atoms with Crippen LogP contribution in [0.3, 0.4) is 0 Å². The maximum absolute atomic E-state index is 12.6. The molecule has 26 heavy (non-hydrogen) atoms. The zero-order chi connectivity index (χ0) is 17.8. The first-order valence-corrected chi connectivity index (χ1v) is 9.08. The molecule has 0 N–H and O–H groups in total. The Hall–Kier alpha value is -2.95. The lowest BCUT2D eigenvalue weighted by Gasteiger charge is -2.18. The van der Waals surface area contributed by atoms with Crippen LogP contribution < -0.4 is 0 Å².